The van der Waals surface area contributed by atoms with E-state index in [9.17, 15) is 18.0 Å². The van der Waals surface area contributed by atoms with Crippen LogP contribution in [0.2, 0.25) is 0 Å². The van der Waals surface area contributed by atoms with Crippen LogP contribution in [0.4, 0.5) is 24.5 Å². The van der Waals surface area contributed by atoms with E-state index in [0.717, 1.165) is 30.9 Å². The van der Waals surface area contributed by atoms with E-state index >= 15 is 0 Å². The second-order valence-corrected chi connectivity index (χ2v) is 7.35. The number of anilines is 2. The predicted molar refractivity (Wildman–Crippen MR) is 115 cm³/mol. The molecule has 0 unspecified atom stereocenters. The number of hydrogen-bond donors (Lipinski definition) is 1. The molecule has 0 radical (unpaired) electrons. The molecule has 2 heterocycles. The molecule has 1 aliphatic heterocycles. The van der Waals surface area contributed by atoms with E-state index in [2.05, 4.69) is 10.2 Å². The molecule has 160 valence electrons. The van der Waals surface area contributed by atoms with Gasteiger partial charge in [0, 0.05) is 36.1 Å². The van der Waals surface area contributed by atoms with Crippen molar-refractivity contribution < 1.29 is 22.4 Å². The molecular weight excluding hydrogens is 405 g/mol. The zero-order valence-electron chi connectivity index (χ0n) is 16.7. The third kappa shape index (κ3) is 5.17. The molecule has 1 N–H and O–H groups in total. The molecule has 1 aromatic heterocycles. The van der Waals surface area contributed by atoms with Gasteiger partial charge < -0.3 is 14.6 Å². The summed E-state index contributed by atoms with van der Waals surface area (Å²) in [6.07, 6.45) is 0.736. The lowest BCUT2D eigenvalue weighted by Crippen LogP contribution is -2.17. The average Bonchev–Trinajstić information content (AvgIpc) is 3.44. The Kier molecular flexibility index (Phi) is 5.84. The first-order chi connectivity index (χ1) is 14.9. The van der Waals surface area contributed by atoms with Crippen molar-refractivity contribution >= 4 is 23.4 Å². The van der Waals surface area contributed by atoms with Crippen molar-refractivity contribution in [1.82, 2.24) is 0 Å². The van der Waals surface area contributed by atoms with Crippen LogP contribution in [0.25, 0.3) is 17.4 Å². The average molecular weight is 426 g/mol. The van der Waals surface area contributed by atoms with Gasteiger partial charge in [-0.3, -0.25) is 4.79 Å². The zero-order chi connectivity index (χ0) is 21.8. The van der Waals surface area contributed by atoms with Gasteiger partial charge in [-0.1, -0.05) is 18.2 Å². The summed E-state index contributed by atoms with van der Waals surface area (Å²) < 4.78 is 44.3. The van der Waals surface area contributed by atoms with Crippen molar-refractivity contribution in [2.24, 2.45) is 0 Å². The van der Waals surface area contributed by atoms with Crippen LogP contribution in [0.1, 0.15) is 24.2 Å². The Bertz CT molecular complexity index is 1100. The largest absolute Gasteiger partial charge is 0.457 e. The third-order valence-corrected chi connectivity index (χ3v) is 5.09. The van der Waals surface area contributed by atoms with Gasteiger partial charge >= 0.3 is 6.18 Å². The standard InChI is InChI=1S/C24H21F3N2O2/c25-24(26,27)18-6-3-5-17(15-18)22-11-9-21(31-22)10-12-23(30)28-19-7-4-8-20(16-19)29-13-1-2-14-29/h3-12,15-16H,1-2,13-14H2,(H,28,30)/b12-10+. The van der Waals surface area contributed by atoms with Crippen molar-refractivity contribution in [1.29, 1.82) is 0 Å². The van der Waals surface area contributed by atoms with Crippen LogP contribution in [0.3, 0.4) is 0 Å². The molecule has 3 aromatic rings. The molecule has 7 heteroatoms. The van der Waals surface area contributed by atoms with E-state index in [1.807, 2.05) is 24.3 Å². The van der Waals surface area contributed by atoms with Crippen LogP contribution in [0, 0.1) is 0 Å². The van der Waals surface area contributed by atoms with Gasteiger partial charge in [0.1, 0.15) is 11.5 Å². The van der Waals surface area contributed by atoms with Crippen LogP contribution in [0.15, 0.2) is 71.2 Å². The van der Waals surface area contributed by atoms with Crippen molar-refractivity contribution in [3.63, 3.8) is 0 Å². The molecule has 1 amide bonds. The smallest absolute Gasteiger partial charge is 0.416 e. The number of benzene rings is 2. The Morgan fingerprint density at radius 2 is 1.77 bits per heavy atom. The van der Waals surface area contributed by atoms with E-state index in [0.29, 0.717) is 22.8 Å². The Hall–Kier alpha value is -3.48. The van der Waals surface area contributed by atoms with Crippen molar-refractivity contribution in [3.8, 4) is 11.3 Å². The summed E-state index contributed by atoms with van der Waals surface area (Å²) >= 11 is 0. The molecule has 0 spiro atoms. The Morgan fingerprint density at radius 1 is 1.00 bits per heavy atom. The molecular formula is C24H21F3N2O2. The van der Waals surface area contributed by atoms with E-state index in [1.54, 1.807) is 18.2 Å². The second-order valence-electron chi connectivity index (χ2n) is 7.35. The monoisotopic (exact) mass is 426 g/mol. The molecule has 2 aromatic carbocycles. The van der Waals surface area contributed by atoms with E-state index in [4.69, 9.17) is 4.42 Å². The maximum atomic E-state index is 12.9. The third-order valence-electron chi connectivity index (χ3n) is 5.09. The highest BCUT2D eigenvalue weighted by Crippen LogP contribution is 2.32. The highest BCUT2D eigenvalue weighted by molar-refractivity contribution is 6.02. The molecule has 0 aliphatic carbocycles. The maximum absolute atomic E-state index is 12.9. The van der Waals surface area contributed by atoms with E-state index in [-0.39, 0.29) is 5.91 Å². The number of nitrogens with one attached hydrogen (secondary N) is 1. The summed E-state index contributed by atoms with van der Waals surface area (Å²) in [6, 6.07) is 15.8. The fraction of sp³-hybridized carbons (Fsp3) is 0.208. The summed E-state index contributed by atoms with van der Waals surface area (Å²) in [6.45, 7) is 2.04. The zero-order valence-corrected chi connectivity index (χ0v) is 16.7. The molecule has 0 bridgehead atoms. The number of halogens is 3. The molecule has 0 saturated carbocycles. The lowest BCUT2D eigenvalue weighted by Gasteiger charge is -2.18. The minimum Gasteiger partial charge on any atom is -0.457 e. The number of carbonyl (C=O) groups is 1. The summed E-state index contributed by atoms with van der Waals surface area (Å²) in [7, 11) is 0. The topological polar surface area (TPSA) is 45.5 Å². The van der Waals surface area contributed by atoms with Gasteiger partial charge in [-0.15, -0.1) is 0 Å². The summed E-state index contributed by atoms with van der Waals surface area (Å²) in [5, 5.41) is 2.82. The molecule has 31 heavy (non-hydrogen) atoms. The van der Waals surface area contributed by atoms with Crippen LogP contribution >= 0.6 is 0 Å². The second kappa shape index (κ2) is 8.71. The Labute approximate surface area is 178 Å². The molecule has 4 nitrogen and oxygen atoms in total. The first kappa shape index (κ1) is 20.8. The molecule has 1 fully saturated rings. The minimum atomic E-state index is -4.42. The van der Waals surface area contributed by atoms with Gasteiger partial charge in [0.25, 0.3) is 0 Å². The van der Waals surface area contributed by atoms with Gasteiger partial charge in [-0.25, -0.2) is 0 Å². The molecule has 4 rings (SSSR count). The number of nitrogens with zero attached hydrogens (tertiary/aromatic N) is 1. The first-order valence-electron chi connectivity index (χ1n) is 10.00. The van der Waals surface area contributed by atoms with E-state index < -0.39 is 11.7 Å². The predicted octanol–water partition coefficient (Wildman–Crippen LogP) is 6.22. The van der Waals surface area contributed by atoms with Crippen molar-refractivity contribution in [2.45, 2.75) is 19.0 Å². The van der Waals surface area contributed by atoms with Crippen LogP contribution in [0.5, 0.6) is 0 Å². The number of amides is 1. The molecule has 1 aliphatic rings. The summed E-state index contributed by atoms with van der Waals surface area (Å²) in [4.78, 5) is 14.6. The summed E-state index contributed by atoms with van der Waals surface area (Å²) in [5.74, 6) is 0.341. The summed E-state index contributed by atoms with van der Waals surface area (Å²) in [5.41, 5.74) is 1.35. The minimum absolute atomic E-state index is 0.296. The van der Waals surface area contributed by atoms with Gasteiger partial charge in [0.15, 0.2) is 0 Å². The van der Waals surface area contributed by atoms with Crippen molar-refractivity contribution in [2.75, 3.05) is 23.3 Å². The normalized spacial score (nSPS) is 14.4. The lowest BCUT2D eigenvalue weighted by atomic mass is 10.1. The fourth-order valence-electron chi connectivity index (χ4n) is 3.54. The fourth-order valence-corrected chi connectivity index (χ4v) is 3.54. The molecule has 1 saturated heterocycles. The highest BCUT2D eigenvalue weighted by Gasteiger charge is 2.30. The van der Waals surface area contributed by atoms with E-state index in [1.165, 1.54) is 31.1 Å². The quantitative estimate of drug-likeness (QED) is 0.493. The first-order valence-corrected chi connectivity index (χ1v) is 10.00. The van der Waals surface area contributed by atoms with Gasteiger partial charge in [-0.2, -0.15) is 13.2 Å². The SMILES string of the molecule is O=C(/C=C/c1ccc(-c2cccc(C(F)(F)F)c2)o1)Nc1cccc(N2CCCC2)c1. The van der Waals surface area contributed by atoms with Crippen LogP contribution < -0.4 is 10.2 Å². The highest BCUT2D eigenvalue weighted by atomic mass is 19.4. The number of alkyl halides is 3. The number of hydrogen-bond acceptors (Lipinski definition) is 3. The molecule has 0 atom stereocenters. The Balaban J connectivity index is 1.41. The number of rotatable bonds is 5. The number of furan rings is 1. The van der Waals surface area contributed by atoms with Gasteiger partial charge in [-0.05, 0) is 61.4 Å². The van der Waals surface area contributed by atoms with Crippen molar-refractivity contribution in [3.05, 3.63) is 78.1 Å². The van der Waals surface area contributed by atoms with Gasteiger partial charge in [0.2, 0.25) is 5.91 Å². The lowest BCUT2D eigenvalue weighted by molar-refractivity contribution is -0.137. The van der Waals surface area contributed by atoms with Gasteiger partial charge in [0.05, 0.1) is 5.56 Å². The van der Waals surface area contributed by atoms with Crippen LogP contribution in [-0.2, 0) is 11.0 Å². The Morgan fingerprint density at radius 3 is 2.55 bits per heavy atom. The van der Waals surface area contributed by atoms with Crippen LogP contribution in [-0.4, -0.2) is 19.0 Å². The maximum Gasteiger partial charge on any atom is 0.416 e. The number of carbonyl (C=O) groups excluding carboxylic acids is 1.